The second kappa shape index (κ2) is 12.4. The van der Waals surface area contributed by atoms with Crippen molar-refractivity contribution in [2.24, 2.45) is 12.5 Å². The number of anilines is 4. The largest absolute Gasteiger partial charge is 0.392 e. The summed E-state index contributed by atoms with van der Waals surface area (Å²) in [6.45, 7) is 11.7. The maximum Gasteiger partial charge on any atom is 0.274 e. The van der Waals surface area contributed by atoms with E-state index in [1.807, 2.05) is 24.4 Å². The molecule has 0 spiro atoms. The van der Waals surface area contributed by atoms with E-state index in [0.717, 1.165) is 51.4 Å². The number of fused-ring (bicyclic) bond motifs is 3. The Labute approximate surface area is 290 Å². The van der Waals surface area contributed by atoms with Crippen molar-refractivity contribution in [2.75, 3.05) is 54.5 Å². The highest BCUT2D eigenvalue weighted by Crippen LogP contribution is 2.41. The third kappa shape index (κ3) is 5.69. The van der Waals surface area contributed by atoms with Crippen LogP contribution in [0.15, 0.2) is 53.6 Å². The molecule has 262 valence electrons. The predicted molar refractivity (Wildman–Crippen MR) is 191 cm³/mol. The Morgan fingerprint density at radius 3 is 2.58 bits per heavy atom. The maximum atomic E-state index is 15.4. The van der Waals surface area contributed by atoms with Gasteiger partial charge in [-0.15, -0.1) is 0 Å². The number of aliphatic hydroxyl groups is 1. The molecule has 3 aliphatic heterocycles. The Kier molecular flexibility index (Phi) is 8.08. The van der Waals surface area contributed by atoms with Gasteiger partial charge in [0.05, 0.1) is 43.4 Å². The van der Waals surface area contributed by atoms with Crippen molar-refractivity contribution in [3.63, 3.8) is 0 Å². The standard InChI is InChI=1S/C38H44FN7O4/c1-23-18-43(28-21-50-22-28)7-8-44(23)27-5-6-35(40-17-27)41-31-11-25(19-42(4)36(31)48)29-13-26(39)14-32(30(29)20-47)46-10-9-45-33(37(46)49)12-24-15-38(2,3)16-34(24)45/h5-6,11-14,17,19,23,28,47H,7-10,15-16,18,20-22H2,1-4H3,(H,40,41)/t23-/m0/s1. The van der Waals surface area contributed by atoms with Crippen LogP contribution in [0.4, 0.5) is 27.3 Å². The first-order chi connectivity index (χ1) is 24.0. The highest BCUT2D eigenvalue weighted by atomic mass is 19.1. The second-order valence-electron chi connectivity index (χ2n) is 15.1. The third-order valence-corrected chi connectivity index (χ3v) is 10.9. The fourth-order valence-corrected chi connectivity index (χ4v) is 8.28. The molecule has 3 aromatic heterocycles. The number of pyridine rings is 2. The molecule has 1 atom stereocenters. The summed E-state index contributed by atoms with van der Waals surface area (Å²) in [5, 5.41) is 13.8. The lowest BCUT2D eigenvalue weighted by Gasteiger charge is -2.46. The Hall–Kier alpha value is -4.52. The second-order valence-corrected chi connectivity index (χ2v) is 15.1. The highest BCUT2D eigenvalue weighted by Gasteiger charge is 2.37. The van der Waals surface area contributed by atoms with Crippen molar-refractivity contribution in [3.05, 3.63) is 87.5 Å². The van der Waals surface area contributed by atoms with Crippen molar-refractivity contribution < 1.29 is 19.0 Å². The minimum Gasteiger partial charge on any atom is -0.392 e. The number of carbonyl (C=O) groups excluding carboxylic acids is 1. The van der Waals surface area contributed by atoms with Crippen molar-refractivity contribution in [1.82, 2.24) is 19.0 Å². The smallest absolute Gasteiger partial charge is 0.274 e. The Balaban J connectivity index is 1.06. The summed E-state index contributed by atoms with van der Waals surface area (Å²) in [5.41, 5.74) is 5.84. The molecule has 2 saturated heterocycles. The van der Waals surface area contributed by atoms with Gasteiger partial charge >= 0.3 is 0 Å². The summed E-state index contributed by atoms with van der Waals surface area (Å²) in [6.07, 6.45) is 5.27. The van der Waals surface area contributed by atoms with Gasteiger partial charge in [-0.1, -0.05) is 13.8 Å². The van der Waals surface area contributed by atoms with Crippen LogP contribution < -0.4 is 20.7 Å². The molecule has 50 heavy (non-hydrogen) atoms. The van der Waals surface area contributed by atoms with E-state index < -0.39 is 12.4 Å². The summed E-state index contributed by atoms with van der Waals surface area (Å²) in [4.78, 5) is 38.2. The number of halogens is 1. The molecule has 12 heteroatoms. The first-order valence-corrected chi connectivity index (χ1v) is 17.5. The number of rotatable bonds is 7. The van der Waals surface area contributed by atoms with Crippen molar-refractivity contribution in [1.29, 1.82) is 0 Å². The van der Waals surface area contributed by atoms with Crippen LogP contribution in [0.25, 0.3) is 11.1 Å². The number of nitrogens with zero attached hydrogens (tertiary/aromatic N) is 6. The number of carbonyl (C=O) groups is 1. The number of aliphatic hydroxyl groups excluding tert-OH is 1. The van der Waals surface area contributed by atoms with E-state index in [2.05, 4.69) is 45.4 Å². The van der Waals surface area contributed by atoms with Gasteiger partial charge in [0.2, 0.25) is 0 Å². The lowest BCUT2D eigenvalue weighted by atomic mass is 9.90. The van der Waals surface area contributed by atoms with Gasteiger partial charge < -0.3 is 34.1 Å². The van der Waals surface area contributed by atoms with Crippen molar-refractivity contribution >= 4 is 28.8 Å². The zero-order chi connectivity index (χ0) is 34.9. The number of aromatic nitrogens is 3. The summed E-state index contributed by atoms with van der Waals surface area (Å²) < 4.78 is 24.3. The van der Waals surface area contributed by atoms with E-state index in [9.17, 15) is 14.7 Å². The molecule has 8 rings (SSSR count). The molecule has 0 radical (unpaired) electrons. The fourth-order valence-electron chi connectivity index (χ4n) is 8.28. The highest BCUT2D eigenvalue weighted by molar-refractivity contribution is 6.07. The molecule has 2 N–H and O–H groups in total. The van der Waals surface area contributed by atoms with Gasteiger partial charge in [0.1, 0.15) is 23.0 Å². The van der Waals surface area contributed by atoms with Crippen LogP contribution >= 0.6 is 0 Å². The minimum absolute atomic E-state index is 0.164. The first kappa shape index (κ1) is 32.7. The van der Waals surface area contributed by atoms with Crippen LogP contribution in [0.1, 0.15) is 48.1 Å². The number of aryl methyl sites for hydroxylation is 1. The molecule has 4 aliphatic rings. The third-order valence-electron chi connectivity index (χ3n) is 10.9. The number of hydrogen-bond donors (Lipinski definition) is 2. The van der Waals surface area contributed by atoms with E-state index in [1.54, 1.807) is 24.2 Å². The summed E-state index contributed by atoms with van der Waals surface area (Å²) in [7, 11) is 1.63. The van der Waals surface area contributed by atoms with Crippen LogP contribution in [0.5, 0.6) is 0 Å². The zero-order valence-electron chi connectivity index (χ0n) is 29.1. The van der Waals surface area contributed by atoms with E-state index in [0.29, 0.717) is 59.1 Å². The average molecular weight is 682 g/mol. The lowest BCUT2D eigenvalue weighted by molar-refractivity contribution is -0.0691. The van der Waals surface area contributed by atoms with E-state index in [-0.39, 0.29) is 22.6 Å². The molecule has 1 aromatic carbocycles. The SMILES string of the molecule is C[C@H]1CN(C2COC2)CCN1c1ccc(Nc2cc(-c3cc(F)cc(N4CCn5c(cc6c5CC(C)(C)C6)C4=O)c3CO)cn(C)c2=O)nc1. The summed E-state index contributed by atoms with van der Waals surface area (Å²) >= 11 is 0. The quantitative estimate of drug-likeness (QED) is 0.297. The number of hydrogen-bond acceptors (Lipinski definition) is 8. The normalized spacial score (nSPS) is 20.5. The summed E-state index contributed by atoms with van der Waals surface area (Å²) in [5.74, 6) is -0.251. The van der Waals surface area contributed by atoms with Crippen LogP contribution in [0, 0.1) is 11.2 Å². The van der Waals surface area contributed by atoms with Gasteiger partial charge in [-0.05, 0) is 72.7 Å². The lowest BCUT2D eigenvalue weighted by Crippen LogP contribution is -2.59. The van der Waals surface area contributed by atoms with Crippen LogP contribution in [0.2, 0.25) is 0 Å². The van der Waals surface area contributed by atoms with Gasteiger partial charge in [-0.3, -0.25) is 14.5 Å². The molecule has 4 aromatic rings. The minimum atomic E-state index is -0.540. The van der Waals surface area contributed by atoms with Crippen molar-refractivity contribution in [3.8, 4) is 11.1 Å². The van der Waals surface area contributed by atoms with Crippen LogP contribution in [-0.2, 0) is 37.8 Å². The number of piperazine rings is 1. The Bertz CT molecular complexity index is 2030. The topological polar surface area (TPSA) is 108 Å². The Morgan fingerprint density at radius 1 is 1.06 bits per heavy atom. The molecular formula is C38H44FN7O4. The molecule has 0 bridgehead atoms. The first-order valence-electron chi connectivity index (χ1n) is 17.5. The van der Waals surface area contributed by atoms with Gasteiger partial charge in [-0.25, -0.2) is 9.37 Å². The van der Waals surface area contributed by atoms with Crippen LogP contribution in [-0.4, -0.2) is 81.5 Å². The van der Waals surface area contributed by atoms with E-state index >= 15 is 4.39 Å². The van der Waals surface area contributed by atoms with E-state index in [4.69, 9.17) is 4.74 Å². The predicted octanol–water partition coefficient (Wildman–Crippen LogP) is 4.32. The number of benzene rings is 1. The monoisotopic (exact) mass is 681 g/mol. The van der Waals surface area contributed by atoms with Gasteiger partial charge in [0, 0.05) is 68.8 Å². The fraction of sp³-hybridized carbons (Fsp3) is 0.447. The maximum absolute atomic E-state index is 15.4. The zero-order valence-corrected chi connectivity index (χ0v) is 29.1. The van der Waals surface area contributed by atoms with Gasteiger partial charge in [0.25, 0.3) is 11.5 Å². The van der Waals surface area contributed by atoms with Gasteiger partial charge in [0.15, 0.2) is 0 Å². The Morgan fingerprint density at radius 2 is 1.88 bits per heavy atom. The number of ether oxygens (including phenoxy) is 1. The van der Waals surface area contributed by atoms with Crippen molar-refractivity contribution in [2.45, 2.75) is 58.8 Å². The molecule has 1 amide bonds. The molecule has 11 nitrogen and oxygen atoms in total. The molecule has 2 fully saturated rings. The summed E-state index contributed by atoms with van der Waals surface area (Å²) in [6, 6.07) is 11.0. The molecule has 6 heterocycles. The number of amides is 1. The molecule has 0 unspecified atom stereocenters. The molecule has 0 saturated carbocycles. The molecule has 1 aliphatic carbocycles. The van der Waals surface area contributed by atoms with Gasteiger partial charge in [-0.2, -0.15) is 0 Å². The average Bonchev–Trinajstić information content (AvgIpc) is 3.55. The van der Waals surface area contributed by atoms with Crippen LogP contribution in [0.3, 0.4) is 0 Å². The van der Waals surface area contributed by atoms with E-state index in [1.165, 1.54) is 28.0 Å². The number of nitrogens with one attached hydrogen (secondary N) is 1. The molecular weight excluding hydrogens is 637 g/mol.